The van der Waals surface area contributed by atoms with E-state index in [1.807, 2.05) is 43.3 Å². The van der Waals surface area contributed by atoms with E-state index in [-0.39, 0.29) is 0 Å². The average Bonchev–Trinajstić information content (AvgIpc) is 2.58. The van der Waals surface area contributed by atoms with Crippen LogP contribution in [-0.2, 0) is 6.54 Å². The molecule has 1 aliphatic rings. The van der Waals surface area contributed by atoms with E-state index in [9.17, 15) is 4.91 Å². The van der Waals surface area contributed by atoms with Crippen LogP contribution in [0.5, 0.6) is 0 Å². The van der Waals surface area contributed by atoms with Crippen LogP contribution < -0.4 is 0 Å². The molecule has 0 aliphatic carbocycles. The highest BCUT2D eigenvalue weighted by molar-refractivity contribution is 5.36. The number of aryl methyl sites for hydroxylation is 1. The van der Waals surface area contributed by atoms with E-state index >= 15 is 0 Å². The van der Waals surface area contributed by atoms with E-state index in [1.54, 1.807) is 0 Å². The molecule has 4 nitrogen and oxygen atoms in total. The summed E-state index contributed by atoms with van der Waals surface area (Å²) in [4.78, 5) is 16.3. The minimum atomic E-state index is -0.433. The van der Waals surface area contributed by atoms with Gasteiger partial charge in [-0.1, -0.05) is 59.3 Å². The summed E-state index contributed by atoms with van der Waals surface area (Å²) in [6.07, 6.45) is 0. The Morgan fingerprint density at radius 3 is 2.33 bits per heavy atom. The molecule has 1 aliphatic heterocycles. The second kappa shape index (κ2) is 7.69. The van der Waals surface area contributed by atoms with Crippen LogP contribution in [0.15, 0.2) is 53.7 Å². The lowest BCUT2D eigenvalue weighted by Crippen LogP contribution is -2.43. The Kier molecular flexibility index (Phi) is 5.38. The van der Waals surface area contributed by atoms with Gasteiger partial charge in [-0.25, -0.2) is 0 Å². The Balaban J connectivity index is 1.77. The maximum absolute atomic E-state index is 11.5. The molecule has 1 fully saturated rings. The van der Waals surface area contributed by atoms with E-state index in [0.717, 1.165) is 49.4 Å². The summed E-state index contributed by atoms with van der Waals surface area (Å²) in [5.41, 5.74) is 4.33. The number of benzene rings is 2. The van der Waals surface area contributed by atoms with Crippen LogP contribution in [0.3, 0.4) is 0 Å². The van der Waals surface area contributed by atoms with Crippen molar-refractivity contribution in [3.8, 4) is 0 Å². The van der Waals surface area contributed by atoms with Crippen molar-refractivity contribution in [1.29, 1.82) is 0 Å². The van der Waals surface area contributed by atoms with Gasteiger partial charge >= 0.3 is 0 Å². The lowest BCUT2D eigenvalue weighted by atomic mass is 9.96. The lowest BCUT2D eigenvalue weighted by Gasteiger charge is -2.32. The Morgan fingerprint density at radius 1 is 1.00 bits per heavy atom. The highest BCUT2D eigenvalue weighted by Gasteiger charge is 2.17. The van der Waals surface area contributed by atoms with Crippen LogP contribution in [-0.4, -0.2) is 43.0 Å². The maximum atomic E-state index is 11.5. The molecule has 0 radical (unpaired) electrons. The van der Waals surface area contributed by atoms with Gasteiger partial charge in [-0.05, 0) is 30.7 Å². The van der Waals surface area contributed by atoms with Gasteiger partial charge in [0.2, 0.25) is 0 Å². The second-order valence-electron chi connectivity index (χ2n) is 6.75. The predicted octanol–water partition coefficient (Wildman–Crippen LogP) is 3.60. The molecule has 0 aromatic heterocycles. The first-order valence-electron chi connectivity index (χ1n) is 8.54. The quantitative estimate of drug-likeness (QED) is 0.789. The molecule has 1 unspecified atom stereocenters. The number of hydrogen-bond donors (Lipinski definition) is 0. The van der Waals surface area contributed by atoms with Gasteiger partial charge in [-0.15, -0.1) is 4.91 Å². The number of nitroso groups, excluding NO2 is 1. The van der Waals surface area contributed by atoms with E-state index < -0.39 is 6.04 Å². The summed E-state index contributed by atoms with van der Waals surface area (Å²) in [5, 5.41) is 3.40. The van der Waals surface area contributed by atoms with Gasteiger partial charge in [0.25, 0.3) is 0 Å². The van der Waals surface area contributed by atoms with Crippen LogP contribution in [0, 0.1) is 11.8 Å². The maximum Gasteiger partial charge on any atom is 0.142 e. The number of piperazine rings is 1. The third-order valence-electron chi connectivity index (χ3n) is 4.73. The topological polar surface area (TPSA) is 35.9 Å². The third-order valence-corrected chi connectivity index (χ3v) is 4.73. The van der Waals surface area contributed by atoms with Crippen molar-refractivity contribution in [2.45, 2.75) is 19.5 Å². The first kappa shape index (κ1) is 16.8. The third kappa shape index (κ3) is 4.08. The van der Waals surface area contributed by atoms with Crippen molar-refractivity contribution in [1.82, 2.24) is 9.80 Å². The molecule has 1 atom stereocenters. The molecule has 0 saturated carbocycles. The Hall–Kier alpha value is -2.04. The largest absolute Gasteiger partial charge is 0.304 e. The van der Waals surface area contributed by atoms with Crippen molar-refractivity contribution in [2.24, 2.45) is 5.18 Å². The summed E-state index contributed by atoms with van der Waals surface area (Å²) in [6.45, 7) is 7.38. The van der Waals surface area contributed by atoms with Gasteiger partial charge in [0.1, 0.15) is 6.04 Å². The first-order chi connectivity index (χ1) is 11.7. The zero-order valence-corrected chi connectivity index (χ0v) is 14.5. The van der Waals surface area contributed by atoms with Gasteiger partial charge in [-0.3, -0.25) is 4.90 Å². The van der Waals surface area contributed by atoms with Crippen molar-refractivity contribution < 1.29 is 0 Å². The Morgan fingerprint density at radius 2 is 1.67 bits per heavy atom. The van der Waals surface area contributed by atoms with Gasteiger partial charge < -0.3 is 4.90 Å². The smallest absolute Gasteiger partial charge is 0.142 e. The average molecular weight is 323 g/mol. The number of nitrogens with zero attached hydrogens (tertiary/aromatic N) is 3. The van der Waals surface area contributed by atoms with Crippen molar-refractivity contribution in [3.05, 3.63) is 75.7 Å². The van der Waals surface area contributed by atoms with Gasteiger partial charge in [0, 0.05) is 32.7 Å². The van der Waals surface area contributed by atoms with Gasteiger partial charge in [0.15, 0.2) is 0 Å². The summed E-state index contributed by atoms with van der Waals surface area (Å²) in [6, 6.07) is 15.9. The molecule has 1 heterocycles. The Bertz CT molecular complexity index is 693. The monoisotopic (exact) mass is 323 g/mol. The minimum absolute atomic E-state index is 0.433. The zero-order valence-electron chi connectivity index (χ0n) is 14.5. The fourth-order valence-electron chi connectivity index (χ4n) is 3.28. The summed E-state index contributed by atoms with van der Waals surface area (Å²) in [7, 11) is 2.17. The summed E-state index contributed by atoms with van der Waals surface area (Å²) in [5.74, 6) is 0. The number of hydrogen-bond acceptors (Lipinski definition) is 4. The summed E-state index contributed by atoms with van der Waals surface area (Å²) < 4.78 is 0. The van der Waals surface area contributed by atoms with Crippen molar-refractivity contribution in [3.63, 3.8) is 0 Å². The van der Waals surface area contributed by atoms with E-state index in [2.05, 4.69) is 34.2 Å². The zero-order chi connectivity index (χ0) is 16.9. The molecule has 126 valence electrons. The predicted molar refractivity (Wildman–Crippen MR) is 98.0 cm³/mol. The normalized spacial score (nSPS) is 17.6. The standard InChI is InChI=1S/C20H25N3O/c1-16-5-3-7-18(13-16)20(21-24)19-8-4-6-17(14-19)15-23-11-9-22(2)10-12-23/h3-8,13-14,20H,9-12,15H2,1-2H3. The summed E-state index contributed by atoms with van der Waals surface area (Å²) >= 11 is 0. The fraction of sp³-hybridized carbons (Fsp3) is 0.400. The highest BCUT2D eigenvalue weighted by Crippen LogP contribution is 2.27. The molecule has 2 aromatic carbocycles. The molecule has 24 heavy (non-hydrogen) atoms. The van der Waals surface area contributed by atoms with Crippen molar-refractivity contribution >= 4 is 0 Å². The Labute approximate surface area is 144 Å². The fourth-order valence-corrected chi connectivity index (χ4v) is 3.28. The first-order valence-corrected chi connectivity index (χ1v) is 8.54. The molecular weight excluding hydrogens is 298 g/mol. The minimum Gasteiger partial charge on any atom is -0.304 e. The lowest BCUT2D eigenvalue weighted by molar-refractivity contribution is 0.148. The number of rotatable bonds is 5. The van der Waals surface area contributed by atoms with Gasteiger partial charge in [-0.2, -0.15) is 0 Å². The van der Waals surface area contributed by atoms with E-state index in [1.165, 1.54) is 5.56 Å². The molecule has 0 bridgehead atoms. The van der Waals surface area contributed by atoms with Crippen LogP contribution in [0.2, 0.25) is 0 Å². The van der Waals surface area contributed by atoms with Crippen molar-refractivity contribution in [2.75, 3.05) is 33.2 Å². The molecular formula is C20H25N3O. The molecule has 2 aromatic rings. The van der Waals surface area contributed by atoms with Crippen LogP contribution in [0.1, 0.15) is 28.3 Å². The van der Waals surface area contributed by atoms with Crippen LogP contribution >= 0.6 is 0 Å². The SMILES string of the molecule is Cc1cccc(C(N=O)c2cccc(CN3CCN(C)CC3)c2)c1. The van der Waals surface area contributed by atoms with Crippen LogP contribution in [0.4, 0.5) is 0 Å². The second-order valence-corrected chi connectivity index (χ2v) is 6.75. The van der Waals surface area contributed by atoms with Crippen LogP contribution in [0.25, 0.3) is 0 Å². The van der Waals surface area contributed by atoms with E-state index in [0.29, 0.717) is 0 Å². The van der Waals surface area contributed by atoms with E-state index in [4.69, 9.17) is 0 Å². The molecule has 3 rings (SSSR count). The van der Waals surface area contributed by atoms with Gasteiger partial charge in [0.05, 0.1) is 0 Å². The number of likely N-dealkylation sites (N-methyl/N-ethyl adjacent to an activating group) is 1. The highest BCUT2D eigenvalue weighted by atomic mass is 16.3. The molecule has 0 amide bonds. The molecule has 0 spiro atoms. The molecule has 4 heteroatoms. The molecule has 1 saturated heterocycles. The molecule has 0 N–H and O–H groups in total.